The summed E-state index contributed by atoms with van der Waals surface area (Å²) in [5, 5.41) is 30.4. The van der Waals surface area contributed by atoms with Crippen LogP contribution in [0.4, 0.5) is 0 Å². The smallest absolute Gasteiger partial charge is 0.373 e. The summed E-state index contributed by atoms with van der Waals surface area (Å²) in [5.74, 6) is -7.22. The molecule has 2 aliphatic rings. The van der Waals surface area contributed by atoms with E-state index in [9.17, 15) is 14.8 Å². The van der Waals surface area contributed by atoms with Crippen LogP contribution in [0.15, 0.2) is 5.18 Å². The van der Waals surface area contributed by atoms with E-state index in [1.165, 1.54) is 0 Å². The highest BCUT2D eigenvalue weighted by Gasteiger charge is 2.74. The predicted octanol–water partition coefficient (Wildman–Crippen LogP) is -2.55. The fourth-order valence-electron chi connectivity index (χ4n) is 1.53. The summed E-state index contributed by atoms with van der Waals surface area (Å²) in [7, 11) is 0. The van der Waals surface area contributed by atoms with E-state index in [4.69, 9.17) is 10.2 Å². The van der Waals surface area contributed by atoms with Gasteiger partial charge in [-0.25, -0.2) is 4.79 Å². The molecule has 2 aliphatic heterocycles. The fraction of sp³-hybridized carbons (Fsp3) is 0.833. The highest BCUT2D eigenvalue weighted by atomic mass is 16.7. The lowest BCUT2D eigenvalue weighted by Crippen LogP contribution is -2.57. The Morgan fingerprint density at radius 1 is 1.43 bits per heavy atom. The van der Waals surface area contributed by atoms with Crippen LogP contribution >= 0.6 is 0 Å². The second-order valence-electron chi connectivity index (χ2n) is 3.18. The molecule has 2 saturated heterocycles. The summed E-state index contributed by atoms with van der Waals surface area (Å²) in [4.78, 5) is 21.1. The Morgan fingerprint density at radius 2 is 2.07 bits per heavy atom. The molecule has 0 saturated carbocycles. The Morgan fingerprint density at radius 3 is 2.64 bits per heavy atom. The third kappa shape index (κ3) is 0.831. The van der Waals surface area contributed by atoms with E-state index in [0.29, 0.717) is 0 Å². The molecule has 0 aromatic carbocycles. The lowest BCUT2D eigenvalue weighted by Gasteiger charge is -2.26. The molecular weight excluding hydrogens is 198 g/mol. The van der Waals surface area contributed by atoms with Gasteiger partial charge in [0.05, 0.1) is 6.61 Å². The van der Waals surface area contributed by atoms with Gasteiger partial charge in [-0.05, 0) is 0 Å². The number of nitrogens with zero attached hydrogens (tertiary/aromatic N) is 1. The molecule has 0 spiro atoms. The van der Waals surface area contributed by atoms with Crippen molar-refractivity contribution in [2.75, 3.05) is 6.61 Å². The maximum atomic E-state index is 10.9. The third-order valence-corrected chi connectivity index (χ3v) is 2.36. The lowest BCUT2D eigenvalue weighted by atomic mass is 10.0. The van der Waals surface area contributed by atoms with Gasteiger partial charge >= 0.3 is 11.8 Å². The first-order valence-electron chi connectivity index (χ1n) is 3.78. The molecule has 3 unspecified atom stereocenters. The highest BCUT2D eigenvalue weighted by molar-refractivity contribution is 5.81. The molecule has 78 valence electrons. The van der Waals surface area contributed by atoms with Crippen LogP contribution in [0.1, 0.15) is 0 Å². The minimum atomic E-state index is -3.16. The first-order chi connectivity index (χ1) is 6.43. The van der Waals surface area contributed by atoms with Crippen LogP contribution in [0.3, 0.4) is 0 Å². The number of rotatable bonds is 1. The number of hydrogen-bond acceptors (Lipinski definition) is 8. The van der Waals surface area contributed by atoms with Crippen LogP contribution < -0.4 is 0 Å². The number of nitroso groups, excluding NO2 is 1. The van der Waals surface area contributed by atoms with Crippen LogP contribution in [-0.4, -0.2) is 51.6 Å². The van der Waals surface area contributed by atoms with Gasteiger partial charge in [-0.1, -0.05) is 5.18 Å². The van der Waals surface area contributed by atoms with Gasteiger partial charge < -0.3 is 24.8 Å². The Bertz CT molecular complexity index is 303. The fourth-order valence-corrected chi connectivity index (χ4v) is 1.53. The Labute approximate surface area is 77.0 Å². The molecular formula is C6H7NO7. The van der Waals surface area contributed by atoms with Crippen molar-refractivity contribution in [1.82, 2.24) is 0 Å². The van der Waals surface area contributed by atoms with Crippen molar-refractivity contribution < 1.29 is 29.6 Å². The Hall–Kier alpha value is -1.09. The molecule has 0 amide bonds. The zero-order valence-corrected chi connectivity index (χ0v) is 6.78. The number of carbonyl (C=O) groups is 1. The number of aliphatic hydroxyl groups is 3. The van der Waals surface area contributed by atoms with Gasteiger partial charge in [0.15, 0.2) is 12.1 Å². The van der Waals surface area contributed by atoms with E-state index in [2.05, 4.69) is 14.7 Å². The van der Waals surface area contributed by atoms with Gasteiger partial charge in [0.25, 0.3) is 5.79 Å². The maximum absolute atomic E-state index is 10.9. The molecule has 2 heterocycles. The summed E-state index contributed by atoms with van der Waals surface area (Å²) in [6.07, 6.45) is -1.47. The first kappa shape index (κ1) is 9.46. The van der Waals surface area contributed by atoms with Crippen molar-refractivity contribution in [1.29, 1.82) is 0 Å². The Kier molecular flexibility index (Phi) is 1.68. The van der Waals surface area contributed by atoms with Crippen LogP contribution in [0.5, 0.6) is 0 Å². The van der Waals surface area contributed by atoms with E-state index in [1.54, 1.807) is 0 Å². The minimum absolute atomic E-state index is 0.333. The molecule has 0 aromatic rings. The van der Waals surface area contributed by atoms with Gasteiger partial charge in [-0.3, -0.25) is 0 Å². The van der Waals surface area contributed by atoms with Crippen LogP contribution in [-0.2, 0) is 14.3 Å². The third-order valence-electron chi connectivity index (χ3n) is 2.36. The molecule has 8 heteroatoms. The SMILES string of the molecule is O=NC1COC2(O)C1OC(=O)C2(O)O. The lowest BCUT2D eigenvalue weighted by molar-refractivity contribution is -0.329. The average Bonchev–Trinajstić information content (AvgIpc) is 2.52. The van der Waals surface area contributed by atoms with E-state index >= 15 is 0 Å². The largest absolute Gasteiger partial charge is 0.450 e. The van der Waals surface area contributed by atoms with E-state index in [0.717, 1.165) is 0 Å². The molecule has 3 atom stereocenters. The molecule has 2 fully saturated rings. The number of ether oxygens (including phenoxy) is 2. The van der Waals surface area contributed by atoms with Gasteiger partial charge in [0, 0.05) is 0 Å². The number of esters is 1. The molecule has 0 aliphatic carbocycles. The van der Waals surface area contributed by atoms with Gasteiger partial charge in [-0.15, -0.1) is 0 Å². The summed E-state index contributed by atoms with van der Waals surface area (Å²) >= 11 is 0. The predicted molar refractivity (Wildman–Crippen MR) is 37.5 cm³/mol. The number of fused-ring (bicyclic) bond motifs is 1. The van der Waals surface area contributed by atoms with Crippen LogP contribution in [0.2, 0.25) is 0 Å². The number of carbonyl (C=O) groups excluding carboxylic acids is 1. The van der Waals surface area contributed by atoms with Gasteiger partial charge in [-0.2, -0.15) is 4.91 Å². The summed E-state index contributed by atoms with van der Waals surface area (Å²) in [6.45, 7) is -0.333. The molecule has 14 heavy (non-hydrogen) atoms. The Balaban J connectivity index is 2.40. The van der Waals surface area contributed by atoms with Crippen molar-refractivity contribution in [2.45, 2.75) is 23.7 Å². The molecule has 0 aromatic heterocycles. The molecule has 0 radical (unpaired) electrons. The summed E-state index contributed by atoms with van der Waals surface area (Å²) in [5.41, 5.74) is 0. The standard InChI is InChI=1S/C6H7NO7/c8-4-5(9,10)6(11)3(14-4)2(7-12)1-13-6/h2-3,9-11H,1H2. The first-order valence-corrected chi connectivity index (χ1v) is 3.78. The normalized spacial score (nSPS) is 44.6. The van der Waals surface area contributed by atoms with Crippen LogP contribution in [0.25, 0.3) is 0 Å². The van der Waals surface area contributed by atoms with E-state index in [1.807, 2.05) is 0 Å². The highest BCUT2D eigenvalue weighted by Crippen LogP contribution is 2.42. The second-order valence-corrected chi connectivity index (χ2v) is 3.18. The summed E-state index contributed by atoms with van der Waals surface area (Å²) in [6, 6.07) is -1.13. The quantitative estimate of drug-likeness (QED) is 0.244. The number of hydrogen-bond donors (Lipinski definition) is 3. The van der Waals surface area contributed by atoms with Crippen molar-refractivity contribution in [2.24, 2.45) is 5.18 Å². The van der Waals surface area contributed by atoms with Crippen molar-refractivity contribution in [3.8, 4) is 0 Å². The topological polar surface area (TPSA) is 126 Å². The van der Waals surface area contributed by atoms with Crippen molar-refractivity contribution in [3.63, 3.8) is 0 Å². The zero-order chi connectivity index (χ0) is 10.6. The maximum Gasteiger partial charge on any atom is 0.373 e. The summed E-state index contributed by atoms with van der Waals surface area (Å²) < 4.78 is 8.97. The van der Waals surface area contributed by atoms with Gasteiger partial charge in [0.2, 0.25) is 0 Å². The average molecular weight is 205 g/mol. The molecule has 0 bridgehead atoms. The zero-order valence-electron chi connectivity index (χ0n) is 6.78. The molecule has 8 nitrogen and oxygen atoms in total. The monoisotopic (exact) mass is 205 g/mol. The van der Waals surface area contributed by atoms with E-state index < -0.39 is 29.7 Å². The van der Waals surface area contributed by atoms with Crippen molar-refractivity contribution in [3.05, 3.63) is 4.91 Å². The molecule has 3 N–H and O–H groups in total. The van der Waals surface area contributed by atoms with Gasteiger partial charge in [0.1, 0.15) is 0 Å². The minimum Gasteiger partial charge on any atom is -0.450 e. The van der Waals surface area contributed by atoms with E-state index in [-0.39, 0.29) is 6.61 Å². The van der Waals surface area contributed by atoms with Crippen LogP contribution in [0, 0.1) is 4.91 Å². The van der Waals surface area contributed by atoms with Crippen molar-refractivity contribution >= 4 is 5.97 Å². The second kappa shape index (κ2) is 2.48. The molecule has 2 rings (SSSR count).